The maximum atomic E-state index is 8.48. The van der Waals surface area contributed by atoms with Crippen LogP contribution in [-0.2, 0) is 4.43 Å². The Morgan fingerprint density at radius 2 is 1.89 bits per heavy atom. The molecule has 0 saturated carbocycles. The first-order valence-electron chi connectivity index (χ1n) is 2.41. The topological polar surface area (TPSA) is 90.2 Å². The Hall–Kier alpha value is 0.0169. The van der Waals surface area contributed by atoms with Crippen molar-refractivity contribution in [2.75, 3.05) is 6.61 Å². The van der Waals surface area contributed by atoms with Crippen LogP contribution < -0.4 is 0 Å². The van der Waals surface area contributed by atoms with Crippen LogP contribution in [0.2, 0.25) is 0 Å². The second-order valence-electron chi connectivity index (χ2n) is 1.73. The predicted octanol–water partition coefficient (Wildman–Crippen LogP) is -2.20. The summed E-state index contributed by atoms with van der Waals surface area (Å²) in [5.74, 6) is 0. The monoisotopic (exact) mass is 154 g/mol. The molecule has 0 aliphatic carbocycles. The summed E-state index contributed by atoms with van der Waals surface area (Å²) in [4.78, 5) is 24.5. The summed E-state index contributed by atoms with van der Waals surface area (Å²) in [5.41, 5.74) is 0. The predicted molar refractivity (Wildman–Crippen MR) is 30.0 cm³/mol. The minimum Gasteiger partial charge on any atom is -0.391 e. The zero-order chi connectivity index (χ0) is 7.49. The highest BCUT2D eigenvalue weighted by atomic mass is 28.4. The van der Waals surface area contributed by atoms with Crippen molar-refractivity contribution in [1.29, 1.82) is 0 Å². The molecular formula is C3H10O5Si. The van der Waals surface area contributed by atoms with Gasteiger partial charge in [-0.3, -0.25) is 0 Å². The van der Waals surface area contributed by atoms with E-state index in [2.05, 4.69) is 4.43 Å². The lowest BCUT2D eigenvalue weighted by atomic mass is 10.5. The van der Waals surface area contributed by atoms with Crippen molar-refractivity contribution in [1.82, 2.24) is 0 Å². The molecule has 6 heteroatoms. The number of rotatable bonds is 3. The van der Waals surface area contributed by atoms with Crippen molar-refractivity contribution in [3.05, 3.63) is 0 Å². The average molecular weight is 154 g/mol. The number of hydrogen-bond donors (Lipinski definition) is 4. The molecule has 0 spiro atoms. The van der Waals surface area contributed by atoms with Crippen molar-refractivity contribution in [3.63, 3.8) is 0 Å². The molecule has 56 valence electrons. The van der Waals surface area contributed by atoms with Crippen molar-refractivity contribution >= 4 is 9.05 Å². The summed E-state index contributed by atoms with van der Waals surface area (Å²) < 4.78 is 4.05. The number of aliphatic hydroxyl groups excluding tert-OH is 1. The third-order valence-electron chi connectivity index (χ3n) is 0.518. The van der Waals surface area contributed by atoms with E-state index in [9.17, 15) is 0 Å². The van der Waals surface area contributed by atoms with Crippen LogP contribution in [-0.4, -0.2) is 41.3 Å². The van der Waals surface area contributed by atoms with E-state index in [4.69, 9.17) is 19.5 Å². The van der Waals surface area contributed by atoms with E-state index in [1.165, 1.54) is 6.92 Å². The van der Waals surface area contributed by atoms with Crippen molar-refractivity contribution in [2.45, 2.75) is 13.0 Å². The molecule has 1 unspecified atom stereocenters. The molecule has 0 saturated heterocycles. The molecule has 0 radical (unpaired) electrons. The van der Waals surface area contributed by atoms with Gasteiger partial charge in [0.1, 0.15) is 0 Å². The fourth-order valence-corrected chi connectivity index (χ4v) is 0.697. The quantitative estimate of drug-likeness (QED) is 0.346. The third-order valence-corrected chi connectivity index (χ3v) is 1.07. The van der Waals surface area contributed by atoms with Gasteiger partial charge in [-0.25, -0.2) is 0 Å². The molecule has 0 aliphatic rings. The van der Waals surface area contributed by atoms with Crippen molar-refractivity contribution in [2.24, 2.45) is 0 Å². The highest BCUT2D eigenvalue weighted by Gasteiger charge is 2.30. The van der Waals surface area contributed by atoms with Crippen LogP contribution in [0.5, 0.6) is 0 Å². The molecule has 0 rings (SSSR count). The Balaban J connectivity index is 3.28. The average Bonchev–Trinajstić information content (AvgIpc) is 1.59. The lowest BCUT2D eigenvalue weighted by molar-refractivity contribution is 0.0234. The van der Waals surface area contributed by atoms with Gasteiger partial charge in [-0.15, -0.1) is 0 Å². The Labute approximate surface area is 53.6 Å². The first kappa shape index (κ1) is 9.02. The fourth-order valence-electron chi connectivity index (χ4n) is 0.232. The Morgan fingerprint density at radius 3 is 2.00 bits per heavy atom. The molecule has 0 aromatic rings. The van der Waals surface area contributed by atoms with Gasteiger partial charge in [0.2, 0.25) is 0 Å². The van der Waals surface area contributed by atoms with Gasteiger partial charge in [-0.05, 0) is 6.92 Å². The molecule has 5 nitrogen and oxygen atoms in total. The van der Waals surface area contributed by atoms with E-state index >= 15 is 0 Å². The van der Waals surface area contributed by atoms with Crippen molar-refractivity contribution < 1.29 is 23.9 Å². The molecule has 0 aromatic heterocycles. The Kier molecular flexibility index (Phi) is 3.26. The van der Waals surface area contributed by atoms with Gasteiger partial charge in [-0.2, -0.15) is 0 Å². The van der Waals surface area contributed by atoms with Crippen LogP contribution >= 0.6 is 0 Å². The summed E-state index contributed by atoms with van der Waals surface area (Å²) >= 11 is 0. The van der Waals surface area contributed by atoms with E-state index < -0.39 is 15.2 Å². The maximum absolute atomic E-state index is 8.48. The first-order valence-corrected chi connectivity index (χ1v) is 4.16. The lowest BCUT2D eigenvalue weighted by Crippen LogP contribution is -2.40. The highest BCUT2D eigenvalue weighted by molar-refractivity contribution is 6.48. The summed E-state index contributed by atoms with van der Waals surface area (Å²) in [7, 11) is -4.38. The van der Waals surface area contributed by atoms with E-state index in [0.29, 0.717) is 0 Å². The molecule has 0 aromatic carbocycles. The normalized spacial score (nSPS) is 15.7. The van der Waals surface area contributed by atoms with Crippen LogP contribution in [0.1, 0.15) is 6.92 Å². The lowest BCUT2D eigenvalue weighted by Gasteiger charge is -2.10. The van der Waals surface area contributed by atoms with Crippen LogP contribution in [0, 0.1) is 0 Å². The van der Waals surface area contributed by atoms with Gasteiger partial charge in [0.15, 0.2) is 0 Å². The molecule has 9 heavy (non-hydrogen) atoms. The fraction of sp³-hybridized carbons (Fsp3) is 1.00. The molecule has 0 aliphatic heterocycles. The van der Waals surface area contributed by atoms with Gasteiger partial charge in [0, 0.05) is 0 Å². The van der Waals surface area contributed by atoms with E-state index in [1.807, 2.05) is 0 Å². The van der Waals surface area contributed by atoms with Gasteiger partial charge in [0.05, 0.1) is 12.7 Å². The number of aliphatic hydroxyl groups is 1. The van der Waals surface area contributed by atoms with Gasteiger partial charge in [0.25, 0.3) is 0 Å². The van der Waals surface area contributed by atoms with E-state index in [1.54, 1.807) is 0 Å². The summed E-state index contributed by atoms with van der Waals surface area (Å²) in [6.07, 6.45) is -0.802. The smallest absolute Gasteiger partial charge is 0.391 e. The zero-order valence-electron chi connectivity index (χ0n) is 4.98. The molecule has 0 amide bonds. The summed E-state index contributed by atoms with van der Waals surface area (Å²) in [5, 5.41) is 8.48. The maximum Gasteiger partial charge on any atom is 0.671 e. The molecule has 4 N–H and O–H groups in total. The summed E-state index contributed by atoms with van der Waals surface area (Å²) in [6.45, 7) is 1.13. The minimum atomic E-state index is -4.38. The van der Waals surface area contributed by atoms with Crippen LogP contribution in [0.3, 0.4) is 0 Å². The number of hydrogen-bond acceptors (Lipinski definition) is 5. The first-order chi connectivity index (χ1) is 3.92. The second kappa shape index (κ2) is 3.25. The largest absolute Gasteiger partial charge is 0.671 e. The van der Waals surface area contributed by atoms with E-state index in [0.717, 1.165) is 0 Å². The van der Waals surface area contributed by atoms with Crippen LogP contribution in [0.25, 0.3) is 0 Å². The van der Waals surface area contributed by atoms with Crippen LogP contribution in [0.15, 0.2) is 0 Å². The standard InChI is InChI=1S/C3H10O5Si/c1-3(4)2-8-9(5,6)7/h3-7H,2H2,1H3. The summed E-state index contributed by atoms with van der Waals surface area (Å²) in [6, 6.07) is 0. The highest BCUT2D eigenvalue weighted by Crippen LogP contribution is 1.90. The van der Waals surface area contributed by atoms with Gasteiger partial charge < -0.3 is 23.9 Å². The molecule has 0 bridgehead atoms. The molecule has 0 heterocycles. The van der Waals surface area contributed by atoms with Gasteiger partial charge >= 0.3 is 9.05 Å². The molecular weight excluding hydrogens is 144 g/mol. The van der Waals surface area contributed by atoms with E-state index in [-0.39, 0.29) is 6.61 Å². The minimum absolute atomic E-state index is 0.268. The third kappa shape index (κ3) is 8.02. The van der Waals surface area contributed by atoms with Crippen molar-refractivity contribution in [3.8, 4) is 0 Å². The SMILES string of the molecule is CC(O)CO[Si](O)(O)O. The Bertz CT molecular complexity index is 76.8. The van der Waals surface area contributed by atoms with Gasteiger partial charge in [-0.1, -0.05) is 0 Å². The Morgan fingerprint density at radius 1 is 1.44 bits per heavy atom. The zero-order valence-corrected chi connectivity index (χ0v) is 5.98. The second-order valence-corrected chi connectivity index (χ2v) is 3.17. The molecule has 1 atom stereocenters. The van der Waals surface area contributed by atoms with Crippen LogP contribution in [0.4, 0.5) is 0 Å². The molecule has 0 fully saturated rings.